The minimum atomic E-state index is -1.04. The van der Waals surface area contributed by atoms with Gasteiger partial charge in [-0.25, -0.2) is 0 Å². The monoisotopic (exact) mass is 688 g/mol. The number of hydrogen-bond acceptors (Lipinski definition) is 12. The molecule has 0 bridgehead atoms. The Morgan fingerprint density at radius 2 is 0.521 bits per heavy atom. The van der Waals surface area contributed by atoms with Gasteiger partial charge in [-0.15, -0.1) is 0 Å². The van der Waals surface area contributed by atoms with Crippen molar-refractivity contribution in [1.82, 2.24) is 40.9 Å². The molecule has 0 unspecified atom stereocenters. The zero-order valence-electron chi connectivity index (χ0n) is 27.0. The first-order valence-corrected chi connectivity index (χ1v) is 15.6. The van der Waals surface area contributed by atoms with Crippen LogP contribution in [0.3, 0.4) is 0 Å². The molecule has 20 heteroatoms. The van der Waals surface area contributed by atoms with E-state index in [4.69, 9.17) is 20.4 Å². The molecule has 0 radical (unpaired) electrons. The maximum absolute atomic E-state index is 13.1. The highest BCUT2D eigenvalue weighted by Crippen LogP contribution is 2.03. The first-order chi connectivity index (χ1) is 22.8. The minimum absolute atomic E-state index is 0.0316. The number of carbonyl (C=O) groups is 8. The molecule has 0 spiro atoms. The van der Waals surface area contributed by atoms with Crippen LogP contribution in [0.2, 0.25) is 0 Å². The van der Waals surface area contributed by atoms with Crippen LogP contribution in [0, 0.1) is 0 Å². The third kappa shape index (κ3) is 19.3. The Balaban J connectivity index is 3.17. The first-order valence-electron chi connectivity index (χ1n) is 15.6. The van der Waals surface area contributed by atoms with Crippen LogP contribution in [-0.2, 0) is 38.4 Å². The summed E-state index contributed by atoms with van der Waals surface area (Å²) >= 11 is 0. The lowest BCUT2D eigenvalue weighted by Crippen LogP contribution is -2.53. The van der Waals surface area contributed by atoms with Crippen molar-refractivity contribution in [3.05, 3.63) is 0 Å². The number of carbonyl (C=O) groups excluding carboxylic acids is 4. The molecule has 0 aromatic rings. The lowest BCUT2D eigenvalue weighted by molar-refractivity contribution is -0.139. The third-order valence-electron chi connectivity index (χ3n) is 7.14. The van der Waals surface area contributed by atoms with E-state index in [0.29, 0.717) is 0 Å². The molecular formula is C28H48N8O12. The summed E-state index contributed by atoms with van der Waals surface area (Å²) in [6.07, 6.45) is -0.810. The van der Waals surface area contributed by atoms with Crippen molar-refractivity contribution in [3.8, 4) is 0 Å². The molecular weight excluding hydrogens is 640 g/mol. The van der Waals surface area contributed by atoms with Crippen LogP contribution in [0.15, 0.2) is 0 Å². The molecule has 1 heterocycles. The van der Waals surface area contributed by atoms with E-state index in [0.717, 1.165) is 0 Å². The summed E-state index contributed by atoms with van der Waals surface area (Å²) in [5.74, 6) is -5.77. The fourth-order valence-electron chi connectivity index (χ4n) is 4.42. The number of aliphatic carboxylic acids is 4. The average molecular weight is 689 g/mol. The molecule has 1 rings (SSSR count). The Morgan fingerprint density at radius 1 is 0.354 bits per heavy atom. The van der Waals surface area contributed by atoms with Crippen molar-refractivity contribution in [2.75, 3.05) is 105 Å². The van der Waals surface area contributed by atoms with Gasteiger partial charge in [-0.2, -0.15) is 0 Å². The highest BCUT2D eigenvalue weighted by atomic mass is 16.4. The molecule has 272 valence electrons. The number of carboxylic acids is 4. The van der Waals surface area contributed by atoms with Gasteiger partial charge in [0.05, 0.1) is 51.9 Å². The Labute approximate surface area is 277 Å². The van der Waals surface area contributed by atoms with E-state index in [9.17, 15) is 38.4 Å². The maximum Gasteiger partial charge on any atom is 0.304 e. The molecule has 0 aromatic heterocycles. The fourth-order valence-corrected chi connectivity index (χ4v) is 4.42. The summed E-state index contributed by atoms with van der Waals surface area (Å²) in [4.78, 5) is 102. The molecule has 1 aliphatic rings. The fraction of sp³-hybridized carbons (Fsp3) is 0.714. The highest BCUT2D eigenvalue weighted by Gasteiger charge is 2.25. The summed E-state index contributed by atoms with van der Waals surface area (Å²) < 4.78 is 0. The van der Waals surface area contributed by atoms with E-state index < -0.39 is 47.5 Å². The molecule has 0 atom stereocenters. The lowest BCUT2D eigenvalue weighted by Gasteiger charge is -2.35. The van der Waals surface area contributed by atoms with Crippen molar-refractivity contribution in [2.24, 2.45) is 0 Å². The lowest BCUT2D eigenvalue weighted by atomic mass is 10.3. The van der Waals surface area contributed by atoms with Gasteiger partial charge in [0.25, 0.3) is 0 Å². The Kier molecular flexibility index (Phi) is 20.7. The molecule has 4 amide bonds. The molecule has 0 saturated carbocycles. The standard InChI is InChI=1S/C28H48N8O12/c37-21(17-29-5-1-25(41)42)33-9-11-34(22(38)18-30-6-2-26(43)44)13-15-36(24(40)20-32-8-4-28(47)48)16-14-35(12-10-33)23(39)19-31-7-3-27(45)46/h29-32H,1-20H2,(H,41,42)(H,43,44)(H,45,46)(H,47,48). The summed E-state index contributed by atoms with van der Waals surface area (Å²) in [6, 6.07) is 0. The number of hydrogen-bond donors (Lipinski definition) is 8. The van der Waals surface area contributed by atoms with Crippen LogP contribution in [0.1, 0.15) is 25.7 Å². The van der Waals surface area contributed by atoms with Gasteiger partial charge in [0.15, 0.2) is 0 Å². The van der Waals surface area contributed by atoms with E-state index in [2.05, 4.69) is 21.3 Å². The van der Waals surface area contributed by atoms with Gasteiger partial charge >= 0.3 is 23.9 Å². The van der Waals surface area contributed by atoms with Crippen LogP contribution < -0.4 is 21.3 Å². The van der Waals surface area contributed by atoms with Crippen molar-refractivity contribution < 1.29 is 58.8 Å². The third-order valence-corrected chi connectivity index (χ3v) is 7.14. The molecule has 8 N–H and O–H groups in total. The number of nitrogens with zero attached hydrogens (tertiary/aromatic N) is 4. The molecule has 20 nitrogen and oxygen atoms in total. The number of carboxylic acid groups (broad SMARTS) is 4. The van der Waals surface area contributed by atoms with Gasteiger partial charge in [0.1, 0.15) is 0 Å². The number of rotatable bonds is 20. The molecule has 0 aromatic carbocycles. The molecule has 48 heavy (non-hydrogen) atoms. The van der Waals surface area contributed by atoms with E-state index in [-0.39, 0.29) is 130 Å². The quantitative estimate of drug-likeness (QED) is 0.0560. The molecule has 0 aliphatic carbocycles. The van der Waals surface area contributed by atoms with Gasteiger partial charge in [0, 0.05) is 78.5 Å². The van der Waals surface area contributed by atoms with Crippen molar-refractivity contribution in [2.45, 2.75) is 25.7 Å². The normalized spacial score (nSPS) is 14.5. The van der Waals surface area contributed by atoms with Crippen molar-refractivity contribution in [3.63, 3.8) is 0 Å². The van der Waals surface area contributed by atoms with Crippen LogP contribution in [0.25, 0.3) is 0 Å². The zero-order valence-corrected chi connectivity index (χ0v) is 27.0. The van der Waals surface area contributed by atoms with Gasteiger partial charge in [-0.1, -0.05) is 0 Å². The minimum Gasteiger partial charge on any atom is -0.481 e. The maximum atomic E-state index is 13.1. The summed E-state index contributed by atoms with van der Waals surface area (Å²) in [6.45, 7) is -0.346. The van der Waals surface area contributed by atoms with Crippen LogP contribution in [0.5, 0.6) is 0 Å². The largest absolute Gasteiger partial charge is 0.481 e. The van der Waals surface area contributed by atoms with Crippen LogP contribution >= 0.6 is 0 Å². The summed E-state index contributed by atoms with van der Waals surface area (Å²) in [7, 11) is 0. The smallest absolute Gasteiger partial charge is 0.304 e. The highest BCUT2D eigenvalue weighted by molar-refractivity contribution is 5.81. The number of amides is 4. The topological polar surface area (TPSA) is 279 Å². The predicted octanol–water partition coefficient (Wildman–Crippen LogP) is -4.43. The molecule has 1 saturated heterocycles. The van der Waals surface area contributed by atoms with E-state index in [1.54, 1.807) is 0 Å². The second kappa shape index (κ2) is 23.8. The van der Waals surface area contributed by atoms with Crippen LogP contribution in [0.4, 0.5) is 0 Å². The Morgan fingerprint density at radius 3 is 0.667 bits per heavy atom. The Hall–Kier alpha value is -4.40. The number of nitrogens with one attached hydrogen (secondary N) is 4. The molecule has 1 aliphatic heterocycles. The molecule has 1 fully saturated rings. The van der Waals surface area contributed by atoms with Crippen molar-refractivity contribution in [1.29, 1.82) is 0 Å². The van der Waals surface area contributed by atoms with Crippen LogP contribution in [-0.4, -0.2) is 192 Å². The second-order valence-corrected chi connectivity index (χ2v) is 10.8. The summed E-state index contributed by atoms with van der Waals surface area (Å²) in [5, 5.41) is 46.6. The van der Waals surface area contributed by atoms with Crippen molar-refractivity contribution >= 4 is 47.5 Å². The Bertz CT molecular complexity index is 924. The van der Waals surface area contributed by atoms with E-state index >= 15 is 0 Å². The van der Waals surface area contributed by atoms with E-state index in [1.807, 2.05) is 0 Å². The second-order valence-electron chi connectivity index (χ2n) is 10.8. The van der Waals surface area contributed by atoms with E-state index in [1.165, 1.54) is 19.6 Å². The van der Waals surface area contributed by atoms with Gasteiger partial charge in [-0.05, 0) is 0 Å². The van der Waals surface area contributed by atoms with Gasteiger partial charge < -0.3 is 61.3 Å². The SMILES string of the molecule is O=C(O)CCNCC(=O)N1CCN(C(=O)CNCCC(=O)O)CCN(C(=O)CNCCC(=O)O)CCN(C(=O)CNCCC(=O)O)CC1. The first kappa shape index (κ1) is 41.6. The average Bonchev–Trinajstić information content (AvgIpc) is 3.01. The van der Waals surface area contributed by atoms with Gasteiger partial charge in [-0.3, -0.25) is 38.4 Å². The zero-order chi connectivity index (χ0) is 35.9. The predicted molar refractivity (Wildman–Crippen MR) is 167 cm³/mol. The van der Waals surface area contributed by atoms with Gasteiger partial charge in [0.2, 0.25) is 23.6 Å². The summed E-state index contributed by atoms with van der Waals surface area (Å²) in [5.41, 5.74) is 0.